The molecule has 21 heavy (non-hydrogen) atoms. The predicted molar refractivity (Wildman–Crippen MR) is 86.8 cm³/mol. The van der Waals surface area contributed by atoms with Gasteiger partial charge in [-0.2, -0.15) is 11.3 Å². The average Bonchev–Trinajstić information content (AvgIpc) is 3.09. The van der Waals surface area contributed by atoms with Crippen molar-refractivity contribution < 1.29 is 9.59 Å². The van der Waals surface area contributed by atoms with E-state index in [1.807, 2.05) is 5.38 Å². The molecule has 1 heterocycles. The molecule has 1 fully saturated rings. The summed E-state index contributed by atoms with van der Waals surface area (Å²) in [6.07, 6.45) is 3.54. The molecule has 1 aromatic heterocycles. The molecule has 0 saturated heterocycles. The second kappa shape index (κ2) is 9.02. The minimum absolute atomic E-state index is 0. The fourth-order valence-electron chi connectivity index (χ4n) is 2.57. The van der Waals surface area contributed by atoms with E-state index < -0.39 is 0 Å². The molecule has 4 N–H and O–H groups in total. The molecule has 1 aliphatic rings. The minimum atomic E-state index is -0.125. The Hall–Kier alpha value is -1.11. The Morgan fingerprint density at radius 1 is 1.38 bits per heavy atom. The Morgan fingerprint density at radius 2 is 2.19 bits per heavy atom. The highest BCUT2D eigenvalue weighted by atomic mass is 35.5. The summed E-state index contributed by atoms with van der Waals surface area (Å²) in [7, 11) is 0. The molecule has 2 unspecified atom stereocenters. The number of hydrogen-bond donors (Lipinski definition) is 3. The largest absolute Gasteiger partial charge is 0.353 e. The van der Waals surface area contributed by atoms with Gasteiger partial charge in [0.25, 0.3) is 5.91 Å². The molecular formula is C14H22ClN3O2S. The number of carbonyl (C=O) groups is 2. The van der Waals surface area contributed by atoms with Crippen LogP contribution in [0.1, 0.15) is 36.0 Å². The van der Waals surface area contributed by atoms with Crippen LogP contribution in [0.3, 0.4) is 0 Å². The van der Waals surface area contributed by atoms with Crippen molar-refractivity contribution >= 4 is 35.6 Å². The maximum Gasteiger partial charge on any atom is 0.252 e. The quantitative estimate of drug-likeness (QED) is 0.739. The van der Waals surface area contributed by atoms with E-state index in [9.17, 15) is 9.59 Å². The molecule has 1 saturated carbocycles. The van der Waals surface area contributed by atoms with Crippen molar-refractivity contribution in [2.75, 3.05) is 13.1 Å². The maximum absolute atomic E-state index is 11.8. The maximum atomic E-state index is 11.8. The third-order valence-electron chi connectivity index (χ3n) is 3.73. The number of halogens is 1. The second-order valence-electron chi connectivity index (χ2n) is 5.12. The highest BCUT2D eigenvalue weighted by Crippen LogP contribution is 2.24. The van der Waals surface area contributed by atoms with Crippen LogP contribution < -0.4 is 16.4 Å². The van der Waals surface area contributed by atoms with Gasteiger partial charge in [-0.1, -0.05) is 6.42 Å². The van der Waals surface area contributed by atoms with Gasteiger partial charge in [-0.15, -0.1) is 12.4 Å². The molecule has 2 rings (SSSR count). The summed E-state index contributed by atoms with van der Waals surface area (Å²) in [6.45, 7) is 0.986. The molecule has 0 aliphatic heterocycles. The number of nitrogens with two attached hydrogens (primary N) is 1. The van der Waals surface area contributed by atoms with Gasteiger partial charge in [-0.3, -0.25) is 9.59 Å². The first-order chi connectivity index (χ1) is 9.70. The minimum Gasteiger partial charge on any atom is -0.353 e. The summed E-state index contributed by atoms with van der Waals surface area (Å²) in [5, 5.41) is 9.42. The number of amides is 2. The highest BCUT2D eigenvalue weighted by Gasteiger charge is 2.27. The first kappa shape index (κ1) is 17.9. The van der Waals surface area contributed by atoms with E-state index in [2.05, 4.69) is 10.6 Å². The number of rotatable bonds is 6. The molecular weight excluding hydrogens is 310 g/mol. The van der Waals surface area contributed by atoms with Gasteiger partial charge < -0.3 is 16.4 Å². The second-order valence-corrected chi connectivity index (χ2v) is 5.90. The molecule has 118 valence electrons. The van der Waals surface area contributed by atoms with Crippen molar-refractivity contribution in [1.82, 2.24) is 10.6 Å². The SMILES string of the molecule is Cl.NCC1CCCC1NC(=O)CCNC(=O)c1ccsc1. The number of thiophene rings is 1. The van der Waals surface area contributed by atoms with Crippen LogP contribution in [0.2, 0.25) is 0 Å². The Labute approximate surface area is 135 Å². The van der Waals surface area contributed by atoms with Crippen LogP contribution in [0, 0.1) is 5.92 Å². The van der Waals surface area contributed by atoms with Gasteiger partial charge >= 0.3 is 0 Å². The molecule has 2 amide bonds. The molecule has 1 aromatic rings. The number of nitrogens with one attached hydrogen (secondary N) is 2. The predicted octanol–water partition coefficient (Wildman–Crippen LogP) is 1.53. The molecule has 0 spiro atoms. The van der Waals surface area contributed by atoms with Crippen molar-refractivity contribution in [3.05, 3.63) is 22.4 Å². The zero-order chi connectivity index (χ0) is 14.4. The molecule has 0 bridgehead atoms. The van der Waals surface area contributed by atoms with E-state index in [0.717, 1.165) is 19.3 Å². The zero-order valence-electron chi connectivity index (χ0n) is 11.8. The number of carbonyl (C=O) groups excluding carboxylic acids is 2. The van der Waals surface area contributed by atoms with Crippen LogP contribution >= 0.6 is 23.7 Å². The van der Waals surface area contributed by atoms with E-state index in [0.29, 0.717) is 31.0 Å². The molecule has 7 heteroatoms. The summed E-state index contributed by atoms with van der Waals surface area (Å²) in [5.74, 6) is 0.264. The van der Waals surface area contributed by atoms with Gasteiger partial charge in [0, 0.05) is 30.0 Å². The summed E-state index contributed by atoms with van der Waals surface area (Å²) in [4.78, 5) is 23.5. The Balaban J connectivity index is 0.00000220. The lowest BCUT2D eigenvalue weighted by Crippen LogP contribution is -2.41. The molecule has 0 radical (unpaired) electrons. The summed E-state index contributed by atoms with van der Waals surface area (Å²) in [5.41, 5.74) is 6.33. The van der Waals surface area contributed by atoms with Crippen molar-refractivity contribution in [2.24, 2.45) is 11.7 Å². The lowest BCUT2D eigenvalue weighted by atomic mass is 10.0. The van der Waals surface area contributed by atoms with Gasteiger partial charge in [-0.25, -0.2) is 0 Å². The third-order valence-corrected chi connectivity index (χ3v) is 4.41. The van der Waals surface area contributed by atoms with Gasteiger partial charge in [-0.05, 0) is 36.8 Å². The standard InChI is InChI=1S/C14H21N3O2S.ClH/c15-8-10-2-1-3-12(10)17-13(18)4-6-16-14(19)11-5-7-20-9-11;/h5,7,9-10,12H,1-4,6,8,15H2,(H,16,19)(H,17,18);1H. The topological polar surface area (TPSA) is 84.2 Å². The lowest BCUT2D eigenvalue weighted by molar-refractivity contribution is -0.121. The van der Waals surface area contributed by atoms with E-state index >= 15 is 0 Å². The Morgan fingerprint density at radius 3 is 2.86 bits per heavy atom. The van der Waals surface area contributed by atoms with Gasteiger partial charge in [0.2, 0.25) is 5.91 Å². The van der Waals surface area contributed by atoms with Gasteiger partial charge in [0.1, 0.15) is 0 Å². The van der Waals surface area contributed by atoms with Crippen molar-refractivity contribution in [3.8, 4) is 0 Å². The van der Waals surface area contributed by atoms with Gasteiger partial charge in [0.05, 0.1) is 0 Å². The van der Waals surface area contributed by atoms with E-state index in [1.165, 1.54) is 11.3 Å². The van der Waals surface area contributed by atoms with Crippen molar-refractivity contribution in [1.29, 1.82) is 0 Å². The van der Waals surface area contributed by atoms with E-state index in [1.54, 1.807) is 11.4 Å². The van der Waals surface area contributed by atoms with Crippen LogP contribution in [-0.2, 0) is 4.79 Å². The van der Waals surface area contributed by atoms with Crippen LogP contribution in [0.25, 0.3) is 0 Å². The monoisotopic (exact) mass is 331 g/mol. The average molecular weight is 332 g/mol. The molecule has 1 aliphatic carbocycles. The smallest absolute Gasteiger partial charge is 0.252 e. The van der Waals surface area contributed by atoms with Crippen LogP contribution in [-0.4, -0.2) is 30.9 Å². The van der Waals surface area contributed by atoms with E-state index in [-0.39, 0.29) is 30.3 Å². The first-order valence-electron chi connectivity index (χ1n) is 7.00. The summed E-state index contributed by atoms with van der Waals surface area (Å²) < 4.78 is 0. The summed E-state index contributed by atoms with van der Waals surface area (Å²) >= 11 is 1.48. The van der Waals surface area contributed by atoms with Crippen LogP contribution in [0.4, 0.5) is 0 Å². The molecule has 0 aromatic carbocycles. The Kier molecular flexibility index (Phi) is 7.71. The van der Waals surface area contributed by atoms with Crippen LogP contribution in [0.5, 0.6) is 0 Å². The lowest BCUT2D eigenvalue weighted by Gasteiger charge is -2.19. The van der Waals surface area contributed by atoms with E-state index in [4.69, 9.17) is 5.73 Å². The zero-order valence-corrected chi connectivity index (χ0v) is 13.5. The van der Waals surface area contributed by atoms with Crippen molar-refractivity contribution in [2.45, 2.75) is 31.7 Å². The fourth-order valence-corrected chi connectivity index (χ4v) is 3.21. The fraction of sp³-hybridized carbons (Fsp3) is 0.571. The number of hydrogen-bond acceptors (Lipinski definition) is 4. The third kappa shape index (κ3) is 5.30. The highest BCUT2D eigenvalue weighted by molar-refractivity contribution is 7.08. The molecule has 5 nitrogen and oxygen atoms in total. The summed E-state index contributed by atoms with van der Waals surface area (Å²) in [6, 6.07) is 1.98. The first-order valence-corrected chi connectivity index (χ1v) is 7.95. The normalized spacial score (nSPS) is 20.6. The van der Waals surface area contributed by atoms with Gasteiger partial charge in [0.15, 0.2) is 0 Å². The molecule has 2 atom stereocenters. The van der Waals surface area contributed by atoms with Crippen molar-refractivity contribution in [3.63, 3.8) is 0 Å². The van der Waals surface area contributed by atoms with Crippen LogP contribution in [0.15, 0.2) is 16.8 Å². The Bertz CT molecular complexity index is 453.